The third kappa shape index (κ3) is 3.35. The molecule has 1 nitrogen and oxygen atoms in total. The molecule has 46 heavy (non-hydrogen) atoms. The molecule has 0 fully saturated rings. The van der Waals surface area contributed by atoms with Crippen molar-refractivity contribution in [1.82, 2.24) is 0 Å². The molecule has 1 aliphatic carbocycles. The van der Waals surface area contributed by atoms with Gasteiger partial charge in [-0.2, -0.15) is 0 Å². The van der Waals surface area contributed by atoms with Crippen LogP contribution in [0.1, 0.15) is 25.0 Å². The van der Waals surface area contributed by atoms with Gasteiger partial charge >= 0.3 is 0 Å². The monoisotopic (exact) mass is 586 g/mol. The lowest BCUT2D eigenvalue weighted by Gasteiger charge is -2.23. The summed E-state index contributed by atoms with van der Waals surface area (Å²) >= 11 is 0. The molecule has 8 aromatic carbocycles. The molecule has 0 saturated heterocycles. The first-order chi connectivity index (χ1) is 22.6. The fourth-order valence-electron chi connectivity index (χ4n) is 8.32. The van der Waals surface area contributed by atoms with Crippen LogP contribution in [-0.2, 0) is 5.41 Å². The molecular formula is C45H30O. The van der Waals surface area contributed by atoms with E-state index in [4.69, 9.17) is 4.42 Å². The Morgan fingerprint density at radius 2 is 1.02 bits per heavy atom. The van der Waals surface area contributed by atoms with E-state index in [2.05, 4.69) is 159 Å². The van der Waals surface area contributed by atoms with Gasteiger partial charge in [-0.1, -0.05) is 141 Å². The van der Waals surface area contributed by atoms with Gasteiger partial charge in [0.2, 0.25) is 0 Å². The molecule has 1 aliphatic rings. The van der Waals surface area contributed by atoms with Crippen LogP contribution in [0.2, 0.25) is 0 Å². The lowest BCUT2D eigenvalue weighted by molar-refractivity contribution is 0.653. The van der Waals surface area contributed by atoms with Gasteiger partial charge in [0.15, 0.2) is 0 Å². The van der Waals surface area contributed by atoms with E-state index in [-0.39, 0.29) is 5.41 Å². The van der Waals surface area contributed by atoms with E-state index >= 15 is 0 Å². The molecule has 0 spiro atoms. The Kier molecular flexibility index (Phi) is 5.12. The molecule has 9 aromatic rings. The van der Waals surface area contributed by atoms with E-state index < -0.39 is 0 Å². The van der Waals surface area contributed by atoms with E-state index in [0.717, 1.165) is 16.6 Å². The summed E-state index contributed by atoms with van der Waals surface area (Å²) in [4.78, 5) is 0. The van der Waals surface area contributed by atoms with Gasteiger partial charge in [-0.05, 0) is 89.5 Å². The first kappa shape index (κ1) is 25.6. The summed E-state index contributed by atoms with van der Waals surface area (Å²) in [5.41, 5.74) is 12.0. The number of hydrogen-bond acceptors (Lipinski definition) is 1. The van der Waals surface area contributed by atoms with Crippen molar-refractivity contribution in [1.29, 1.82) is 0 Å². The Bertz CT molecular complexity index is 2660. The van der Waals surface area contributed by atoms with Gasteiger partial charge in [0, 0.05) is 21.8 Å². The zero-order valence-corrected chi connectivity index (χ0v) is 25.8. The highest BCUT2D eigenvalue weighted by Gasteiger charge is 2.39. The molecule has 1 heteroatoms. The number of furan rings is 1. The quantitative estimate of drug-likeness (QED) is 0.184. The van der Waals surface area contributed by atoms with Crippen molar-refractivity contribution in [2.75, 3.05) is 0 Å². The molecule has 1 aromatic heterocycles. The Morgan fingerprint density at radius 1 is 0.435 bits per heavy atom. The standard InChI is InChI=1S/C45H30O/c1-45(2)37-21-11-9-19-34(37)43-38(45)26-36(42-35-20-10-12-22-39(35)46-44(42)43)41-32-17-7-5-15-30(32)40(31-16-6-8-18-33(31)41)29-24-23-27-13-3-4-14-28(27)25-29/h3-26H,1-2H3. The van der Waals surface area contributed by atoms with Crippen molar-refractivity contribution in [3.05, 3.63) is 157 Å². The minimum absolute atomic E-state index is 0.162. The zero-order valence-electron chi connectivity index (χ0n) is 25.8. The molecule has 1 heterocycles. The van der Waals surface area contributed by atoms with Crippen molar-refractivity contribution in [2.45, 2.75) is 19.3 Å². The van der Waals surface area contributed by atoms with Gasteiger partial charge in [0.25, 0.3) is 0 Å². The highest BCUT2D eigenvalue weighted by Crippen LogP contribution is 2.56. The van der Waals surface area contributed by atoms with Crippen LogP contribution in [0.3, 0.4) is 0 Å². The van der Waals surface area contributed by atoms with Gasteiger partial charge in [-0.3, -0.25) is 0 Å². The lowest BCUT2D eigenvalue weighted by atomic mass is 9.79. The summed E-state index contributed by atoms with van der Waals surface area (Å²) in [5.74, 6) is 0. The first-order valence-corrected chi connectivity index (χ1v) is 16.1. The predicted octanol–water partition coefficient (Wildman–Crippen LogP) is 12.7. The molecule has 0 unspecified atom stereocenters. The molecule has 0 aliphatic heterocycles. The van der Waals surface area contributed by atoms with Crippen LogP contribution >= 0.6 is 0 Å². The van der Waals surface area contributed by atoms with Crippen LogP contribution < -0.4 is 0 Å². The Hall–Kier alpha value is -5.66. The van der Waals surface area contributed by atoms with Crippen molar-refractivity contribution in [3.8, 4) is 33.4 Å². The van der Waals surface area contributed by atoms with Crippen LogP contribution in [0.15, 0.2) is 150 Å². The Morgan fingerprint density at radius 3 is 1.76 bits per heavy atom. The van der Waals surface area contributed by atoms with Crippen molar-refractivity contribution in [3.63, 3.8) is 0 Å². The topological polar surface area (TPSA) is 13.1 Å². The summed E-state index contributed by atoms with van der Waals surface area (Å²) in [6.45, 7) is 4.71. The van der Waals surface area contributed by atoms with Gasteiger partial charge in [0.1, 0.15) is 11.2 Å². The normalized spacial score (nSPS) is 13.6. The number of hydrogen-bond donors (Lipinski definition) is 0. The largest absolute Gasteiger partial charge is 0.455 e. The second-order valence-corrected chi connectivity index (χ2v) is 13.2. The smallest absolute Gasteiger partial charge is 0.144 e. The van der Waals surface area contributed by atoms with Gasteiger partial charge < -0.3 is 4.42 Å². The minimum atomic E-state index is -0.162. The van der Waals surface area contributed by atoms with E-state index in [1.165, 1.54) is 82.2 Å². The fourth-order valence-corrected chi connectivity index (χ4v) is 8.32. The van der Waals surface area contributed by atoms with E-state index in [9.17, 15) is 0 Å². The molecule has 0 amide bonds. The fraction of sp³-hybridized carbons (Fsp3) is 0.0667. The van der Waals surface area contributed by atoms with E-state index in [0.29, 0.717) is 0 Å². The number of para-hydroxylation sites is 1. The van der Waals surface area contributed by atoms with Crippen LogP contribution in [0.25, 0.3) is 87.6 Å². The zero-order chi connectivity index (χ0) is 30.6. The summed E-state index contributed by atoms with van der Waals surface area (Å²) in [5, 5.41) is 9.89. The van der Waals surface area contributed by atoms with Crippen LogP contribution in [0.5, 0.6) is 0 Å². The average Bonchev–Trinajstić information content (AvgIpc) is 3.59. The molecule has 10 rings (SSSR count). The number of rotatable bonds is 2. The third-order valence-corrected chi connectivity index (χ3v) is 10.4. The second-order valence-electron chi connectivity index (χ2n) is 13.2. The van der Waals surface area contributed by atoms with Gasteiger partial charge in [0.05, 0.1) is 0 Å². The highest BCUT2D eigenvalue weighted by atomic mass is 16.3. The highest BCUT2D eigenvalue weighted by molar-refractivity contribution is 6.27. The average molecular weight is 587 g/mol. The predicted molar refractivity (Wildman–Crippen MR) is 195 cm³/mol. The summed E-state index contributed by atoms with van der Waals surface area (Å²) in [6, 6.07) is 53.3. The summed E-state index contributed by atoms with van der Waals surface area (Å²) in [7, 11) is 0. The third-order valence-electron chi connectivity index (χ3n) is 10.4. The maximum Gasteiger partial charge on any atom is 0.144 e. The SMILES string of the molecule is CC1(C)c2ccccc2-c2c1cc(-c1c3ccccc3c(-c3ccc4ccccc4c3)c3ccccc13)c1c2oc2ccccc21. The number of benzene rings is 8. The maximum atomic E-state index is 6.87. The summed E-state index contributed by atoms with van der Waals surface area (Å²) in [6.07, 6.45) is 0. The van der Waals surface area contributed by atoms with Crippen LogP contribution in [-0.4, -0.2) is 0 Å². The molecular weight excluding hydrogens is 556 g/mol. The van der Waals surface area contributed by atoms with Gasteiger partial charge in [-0.25, -0.2) is 0 Å². The molecule has 0 N–H and O–H groups in total. The van der Waals surface area contributed by atoms with E-state index in [1.807, 2.05) is 0 Å². The molecule has 0 saturated carbocycles. The molecule has 0 atom stereocenters. The first-order valence-electron chi connectivity index (χ1n) is 16.1. The second kappa shape index (κ2) is 9.19. The van der Waals surface area contributed by atoms with Crippen molar-refractivity contribution < 1.29 is 4.42 Å². The van der Waals surface area contributed by atoms with Crippen LogP contribution in [0.4, 0.5) is 0 Å². The van der Waals surface area contributed by atoms with E-state index in [1.54, 1.807) is 0 Å². The summed E-state index contributed by atoms with van der Waals surface area (Å²) < 4.78 is 6.87. The van der Waals surface area contributed by atoms with Crippen molar-refractivity contribution in [2.24, 2.45) is 0 Å². The van der Waals surface area contributed by atoms with Crippen LogP contribution in [0, 0.1) is 0 Å². The minimum Gasteiger partial charge on any atom is -0.455 e. The Balaban J connectivity index is 1.39. The lowest BCUT2D eigenvalue weighted by Crippen LogP contribution is -2.15. The number of fused-ring (bicyclic) bond motifs is 10. The molecule has 0 bridgehead atoms. The van der Waals surface area contributed by atoms with Gasteiger partial charge in [-0.15, -0.1) is 0 Å². The molecule has 216 valence electrons. The van der Waals surface area contributed by atoms with Crippen molar-refractivity contribution >= 4 is 54.3 Å². The Labute approximate surface area is 267 Å². The molecule has 0 radical (unpaired) electrons. The maximum absolute atomic E-state index is 6.87.